The fourth-order valence-electron chi connectivity index (χ4n) is 1.79. The van der Waals surface area contributed by atoms with Crippen LogP contribution >= 0.6 is 0 Å². The molecule has 90 valence electrons. The SMILES string of the molecule is COc1ccc(C(C#N)c2ccc(F)cc2)cc1. The molecule has 18 heavy (non-hydrogen) atoms. The quantitative estimate of drug-likeness (QED) is 0.824. The summed E-state index contributed by atoms with van der Waals surface area (Å²) in [5.41, 5.74) is 1.65. The smallest absolute Gasteiger partial charge is 0.123 e. The zero-order valence-corrected chi connectivity index (χ0v) is 9.93. The molecule has 0 aliphatic heterocycles. The highest BCUT2D eigenvalue weighted by Crippen LogP contribution is 2.25. The molecular weight excluding hydrogens is 229 g/mol. The van der Waals surface area contributed by atoms with Gasteiger partial charge in [0.25, 0.3) is 0 Å². The van der Waals surface area contributed by atoms with E-state index in [1.165, 1.54) is 12.1 Å². The molecule has 3 heteroatoms. The zero-order valence-electron chi connectivity index (χ0n) is 9.93. The molecule has 0 N–H and O–H groups in total. The van der Waals surface area contributed by atoms with Crippen LogP contribution in [0.15, 0.2) is 48.5 Å². The largest absolute Gasteiger partial charge is 0.497 e. The van der Waals surface area contributed by atoms with Crippen molar-refractivity contribution in [1.82, 2.24) is 0 Å². The van der Waals surface area contributed by atoms with Gasteiger partial charge in [-0.3, -0.25) is 0 Å². The van der Waals surface area contributed by atoms with Crippen LogP contribution in [0.2, 0.25) is 0 Å². The molecule has 0 saturated carbocycles. The van der Waals surface area contributed by atoms with Crippen LogP contribution in [0.5, 0.6) is 5.75 Å². The lowest BCUT2D eigenvalue weighted by Crippen LogP contribution is -1.98. The van der Waals surface area contributed by atoms with E-state index in [2.05, 4.69) is 6.07 Å². The van der Waals surface area contributed by atoms with Crippen LogP contribution in [0.25, 0.3) is 0 Å². The number of hydrogen-bond donors (Lipinski definition) is 0. The summed E-state index contributed by atoms with van der Waals surface area (Å²) < 4.78 is 17.9. The van der Waals surface area contributed by atoms with Crippen LogP contribution in [-0.2, 0) is 0 Å². The number of nitriles is 1. The van der Waals surface area contributed by atoms with E-state index in [1.54, 1.807) is 19.2 Å². The van der Waals surface area contributed by atoms with Crippen LogP contribution in [0.1, 0.15) is 17.0 Å². The van der Waals surface area contributed by atoms with Crippen molar-refractivity contribution >= 4 is 0 Å². The lowest BCUT2D eigenvalue weighted by atomic mass is 9.93. The second kappa shape index (κ2) is 5.33. The van der Waals surface area contributed by atoms with E-state index in [0.29, 0.717) is 0 Å². The first kappa shape index (κ1) is 12.1. The third-order valence-corrected chi connectivity index (χ3v) is 2.78. The third kappa shape index (κ3) is 2.49. The molecule has 1 unspecified atom stereocenters. The molecule has 0 aliphatic rings. The number of halogens is 1. The van der Waals surface area contributed by atoms with E-state index in [1.807, 2.05) is 24.3 Å². The summed E-state index contributed by atoms with van der Waals surface area (Å²) in [5, 5.41) is 9.25. The molecule has 0 amide bonds. The van der Waals surface area contributed by atoms with E-state index >= 15 is 0 Å². The number of hydrogen-bond acceptors (Lipinski definition) is 2. The number of benzene rings is 2. The van der Waals surface area contributed by atoms with Gasteiger partial charge in [0.1, 0.15) is 11.6 Å². The van der Waals surface area contributed by atoms with E-state index in [-0.39, 0.29) is 5.82 Å². The average Bonchev–Trinajstić information content (AvgIpc) is 2.42. The average molecular weight is 241 g/mol. The predicted molar refractivity (Wildman–Crippen MR) is 66.9 cm³/mol. The van der Waals surface area contributed by atoms with Crippen LogP contribution in [0, 0.1) is 17.1 Å². The van der Waals surface area contributed by atoms with Gasteiger partial charge in [0.2, 0.25) is 0 Å². The van der Waals surface area contributed by atoms with Gasteiger partial charge in [-0.05, 0) is 35.4 Å². The van der Waals surface area contributed by atoms with Crippen LogP contribution in [0.3, 0.4) is 0 Å². The Labute approximate surface area is 105 Å². The van der Waals surface area contributed by atoms with Crippen molar-refractivity contribution in [2.75, 3.05) is 7.11 Å². The van der Waals surface area contributed by atoms with Crippen LogP contribution in [0.4, 0.5) is 4.39 Å². The molecule has 2 rings (SSSR count). The normalized spacial score (nSPS) is 11.6. The van der Waals surface area contributed by atoms with E-state index < -0.39 is 5.92 Å². The van der Waals surface area contributed by atoms with Crippen molar-refractivity contribution in [3.8, 4) is 11.8 Å². The van der Waals surface area contributed by atoms with Gasteiger partial charge in [-0.1, -0.05) is 24.3 Å². The standard InChI is InChI=1S/C15H12FNO/c1-18-14-8-4-12(5-9-14)15(10-17)11-2-6-13(16)7-3-11/h2-9,15H,1H3. The number of nitrogens with zero attached hydrogens (tertiary/aromatic N) is 1. The topological polar surface area (TPSA) is 33.0 Å². The molecule has 0 saturated heterocycles. The minimum atomic E-state index is -0.392. The van der Waals surface area contributed by atoms with E-state index in [9.17, 15) is 9.65 Å². The van der Waals surface area contributed by atoms with Gasteiger partial charge < -0.3 is 4.74 Å². The molecule has 0 aromatic heterocycles. The summed E-state index contributed by atoms with van der Waals surface area (Å²) in [6.07, 6.45) is 0. The predicted octanol–water partition coefficient (Wildman–Crippen LogP) is 3.49. The van der Waals surface area contributed by atoms with E-state index in [4.69, 9.17) is 4.74 Å². The highest BCUT2D eigenvalue weighted by atomic mass is 19.1. The van der Waals surface area contributed by atoms with Gasteiger partial charge in [0, 0.05) is 0 Å². The van der Waals surface area contributed by atoms with Crippen molar-refractivity contribution in [3.63, 3.8) is 0 Å². The minimum absolute atomic E-state index is 0.301. The van der Waals surface area contributed by atoms with Crippen LogP contribution < -0.4 is 4.74 Å². The zero-order chi connectivity index (χ0) is 13.0. The Balaban J connectivity index is 2.33. The Kier molecular flexibility index (Phi) is 3.59. The fourth-order valence-corrected chi connectivity index (χ4v) is 1.79. The summed E-state index contributed by atoms with van der Waals surface area (Å²) in [5.74, 6) is 0.0521. The third-order valence-electron chi connectivity index (χ3n) is 2.78. The molecule has 0 spiro atoms. The molecule has 0 radical (unpaired) electrons. The molecular formula is C15H12FNO. The fraction of sp³-hybridized carbons (Fsp3) is 0.133. The van der Waals surface area contributed by atoms with Crippen molar-refractivity contribution in [1.29, 1.82) is 5.26 Å². The molecule has 2 nitrogen and oxygen atoms in total. The molecule has 0 aliphatic carbocycles. The lowest BCUT2D eigenvalue weighted by Gasteiger charge is -2.10. The molecule has 2 aromatic carbocycles. The monoisotopic (exact) mass is 241 g/mol. The second-order valence-corrected chi connectivity index (χ2v) is 3.89. The maximum atomic E-state index is 12.9. The molecule has 0 fully saturated rings. The van der Waals surface area contributed by atoms with Crippen molar-refractivity contribution < 1.29 is 9.13 Å². The lowest BCUT2D eigenvalue weighted by molar-refractivity contribution is 0.414. The second-order valence-electron chi connectivity index (χ2n) is 3.89. The first-order valence-corrected chi connectivity index (χ1v) is 5.53. The van der Waals surface area contributed by atoms with Gasteiger partial charge in [0.15, 0.2) is 0 Å². The summed E-state index contributed by atoms with van der Waals surface area (Å²) in [7, 11) is 1.59. The number of ether oxygens (including phenoxy) is 1. The Morgan fingerprint density at radius 1 is 1.00 bits per heavy atom. The highest BCUT2D eigenvalue weighted by molar-refractivity contribution is 5.40. The van der Waals surface area contributed by atoms with Gasteiger partial charge in [-0.25, -0.2) is 4.39 Å². The number of methoxy groups -OCH3 is 1. The van der Waals surface area contributed by atoms with E-state index in [0.717, 1.165) is 16.9 Å². The van der Waals surface area contributed by atoms with Crippen molar-refractivity contribution in [2.24, 2.45) is 0 Å². The number of rotatable bonds is 3. The summed E-state index contributed by atoms with van der Waals surface area (Å²) in [4.78, 5) is 0. The Hall–Kier alpha value is -2.34. The summed E-state index contributed by atoms with van der Waals surface area (Å²) in [6, 6.07) is 15.5. The van der Waals surface area contributed by atoms with Gasteiger partial charge in [-0.2, -0.15) is 5.26 Å². The highest BCUT2D eigenvalue weighted by Gasteiger charge is 2.13. The molecule has 0 bridgehead atoms. The molecule has 0 heterocycles. The van der Waals surface area contributed by atoms with Crippen molar-refractivity contribution in [3.05, 3.63) is 65.5 Å². The Morgan fingerprint density at radius 2 is 1.50 bits per heavy atom. The summed E-state index contributed by atoms with van der Waals surface area (Å²) >= 11 is 0. The van der Waals surface area contributed by atoms with Gasteiger partial charge in [-0.15, -0.1) is 0 Å². The van der Waals surface area contributed by atoms with Crippen molar-refractivity contribution in [2.45, 2.75) is 5.92 Å². The molecule has 1 atom stereocenters. The Bertz CT molecular complexity index is 555. The molecule has 2 aromatic rings. The minimum Gasteiger partial charge on any atom is -0.497 e. The Morgan fingerprint density at radius 3 is 1.94 bits per heavy atom. The van der Waals surface area contributed by atoms with Gasteiger partial charge >= 0.3 is 0 Å². The first-order valence-electron chi connectivity index (χ1n) is 5.53. The first-order chi connectivity index (χ1) is 8.74. The van der Waals surface area contributed by atoms with Crippen LogP contribution in [-0.4, -0.2) is 7.11 Å². The maximum absolute atomic E-state index is 12.9. The summed E-state index contributed by atoms with van der Waals surface area (Å²) in [6.45, 7) is 0. The maximum Gasteiger partial charge on any atom is 0.123 e. The van der Waals surface area contributed by atoms with Gasteiger partial charge in [0.05, 0.1) is 19.1 Å².